The quantitative estimate of drug-likeness (QED) is 0.465. The Morgan fingerprint density at radius 2 is 1.67 bits per heavy atom. The number of halogens is 1. The summed E-state index contributed by atoms with van der Waals surface area (Å²) in [6.45, 7) is 1.23. The van der Waals surface area contributed by atoms with Crippen molar-refractivity contribution >= 4 is 49.7 Å². The van der Waals surface area contributed by atoms with Gasteiger partial charge in [-0.2, -0.15) is 0 Å². The van der Waals surface area contributed by atoms with E-state index in [1.807, 2.05) is 54.6 Å². The summed E-state index contributed by atoms with van der Waals surface area (Å²) in [5, 5.41) is 7.13. The van der Waals surface area contributed by atoms with Crippen LogP contribution in [0.3, 0.4) is 0 Å². The number of thiazole rings is 1. The third-order valence-corrected chi connectivity index (χ3v) is 6.16. The summed E-state index contributed by atoms with van der Waals surface area (Å²) in [6, 6.07) is 22.2. The first kappa shape index (κ1) is 18.6. The number of hydrogen-bond donors (Lipinski definition) is 2. The molecule has 2 heterocycles. The Labute approximate surface area is 177 Å². The van der Waals surface area contributed by atoms with Gasteiger partial charge in [0.1, 0.15) is 5.82 Å². The summed E-state index contributed by atoms with van der Waals surface area (Å²) in [7, 11) is 0. The fourth-order valence-electron chi connectivity index (χ4n) is 3.39. The van der Waals surface area contributed by atoms with Gasteiger partial charge in [-0.15, -0.1) is 0 Å². The zero-order valence-electron chi connectivity index (χ0n) is 16.0. The molecule has 5 nitrogen and oxygen atoms in total. The van der Waals surface area contributed by atoms with Gasteiger partial charge < -0.3 is 15.5 Å². The van der Waals surface area contributed by atoms with Gasteiger partial charge in [0.15, 0.2) is 5.13 Å². The van der Waals surface area contributed by atoms with Crippen LogP contribution in [0.2, 0.25) is 0 Å². The SMILES string of the molecule is O=C(Nc1ccc(Nc2ccccc2)cc1)C1CN(c2nc3ccc(F)cc3s2)C1. The van der Waals surface area contributed by atoms with Gasteiger partial charge in [-0.3, -0.25) is 4.79 Å². The normalized spacial score (nSPS) is 13.8. The number of benzene rings is 3. The molecule has 1 aliphatic heterocycles. The van der Waals surface area contributed by atoms with Crippen molar-refractivity contribution in [1.29, 1.82) is 0 Å². The molecule has 1 aliphatic rings. The van der Waals surface area contributed by atoms with Gasteiger partial charge in [0.25, 0.3) is 0 Å². The van der Waals surface area contributed by atoms with E-state index in [0.29, 0.717) is 13.1 Å². The van der Waals surface area contributed by atoms with E-state index in [1.54, 1.807) is 6.07 Å². The third kappa shape index (κ3) is 3.84. The number of hydrogen-bond acceptors (Lipinski definition) is 5. The van der Waals surface area contributed by atoms with Crippen molar-refractivity contribution < 1.29 is 9.18 Å². The van der Waals surface area contributed by atoms with Crippen LogP contribution in [0.5, 0.6) is 0 Å². The monoisotopic (exact) mass is 418 g/mol. The molecule has 30 heavy (non-hydrogen) atoms. The van der Waals surface area contributed by atoms with Gasteiger partial charge in [-0.05, 0) is 54.6 Å². The highest BCUT2D eigenvalue weighted by Crippen LogP contribution is 2.33. The van der Waals surface area contributed by atoms with Crippen molar-refractivity contribution in [2.24, 2.45) is 5.92 Å². The predicted molar refractivity (Wildman–Crippen MR) is 120 cm³/mol. The van der Waals surface area contributed by atoms with Gasteiger partial charge in [-0.25, -0.2) is 9.37 Å². The smallest absolute Gasteiger partial charge is 0.231 e. The first-order chi connectivity index (χ1) is 14.6. The van der Waals surface area contributed by atoms with E-state index in [4.69, 9.17) is 0 Å². The number of carbonyl (C=O) groups is 1. The summed E-state index contributed by atoms with van der Waals surface area (Å²) in [4.78, 5) is 19.1. The van der Waals surface area contributed by atoms with Crippen molar-refractivity contribution in [2.45, 2.75) is 0 Å². The van der Waals surface area contributed by atoms with Crippen LogP contribution < -0.4 is 15.5 Å². The fraction of sp³-hybridized carbons (Fsp3) is 0.130. The summed E-state index contributed by atoms with van der Waals surface area (Å²) >= 11 is 1.45. The molecular formula is C23H19FN4OS. The van der Waals surface area contributed by atoms with Crippen molar-refractivity contribution in [1.82, 2.24) is 4.98 Å². The molecule has 0 atom stereocenters. The molecule has 7 heteroatoms. The molecule has 2 N–H and O–H groups in total. The average molecular weight is 418 g/mol. The summed E-state index contributed by atoms with van der Waals surface area (Å²) in [5.41, 5.74) is 3.53. The molecule has 0 unspecified atom stereocenters. The van der Waals surface area contributed by atoms with Gasteiger partial charge in [0.05, 0.1) is 16.1 Å². The second kappa shape index (κ2) is 7.76. The molecule has 1 aromatic heterocycles. The third-order valence-electron chi connectivity index (χ3n) is 5.08. The topological polar surface area (TPSA) is 57.3 Å². The van der Waals surface area contributed by atoms with Gasteiger partial charge in [-0.1, -0.05) is 29.5 Å². The van der Waals surface area contributed by atoms with E-state index in [1.165, 1.54) is 23.5 Å². The number of amides is 1. The molecule has 0 saturated carbocycles. The number of fused-ring (bicyclic) bond motifs is 1. The minimum absolute atomic E-state index is 0.00201. The van der Waals surface area contributed by atoms with Crippen LogP contribution in [0, 0.1) is 11.7 Å². The number of aromatic nitrogens is 1. The predicted octanol–water partition coefficient (Wildman–Crippen LogP) is 5.25. The minimum atomic E-state index is -0.261. The number of nitrogens with zero attached hydrogens (tertiary/aromatic N) is 2. The molecule has 1 amide bonds. The van der Waals surface area contributed by atoms with Crippen molar-refractivity contribution in [2.75, 3.05) is 28.6 Å². The van der Waals surface area contributed by atoms with Crippen LogP contribution >= 0.6 is 11.3 Å². The number of nitrogens with one attached hydrogen (secondary N) is 2. The maximum absolute atomic E-state index is 13.4. The number of para-hydroxylation sites is 1. The largest absolute Gasteiger partial charge is 0.356 e. The molecule has 5 rings (SSSR count). The van der Waals surface area contributed by atoms with Gasteiger partial charge in [0, 0.05) is 30.2 Å². The molecule has 1 saturated heterocycles. The molecule has 150 valence electrons. The molecule has 3 aromatic carbocycles. The summed E-state index contributed by atoms with van der Waals surface area (Å²) in [6.07, 6.45) is 0. The van der Waals surface area contributed by atoms with Crippen LogP contribution in [-0.2, 0) is 4.79 Å². The summed E-state index contributed by atoms with van der Waals surface area (Å²) < 4.78 is 14.2. The molecule has 0 radical (unpaired) electrons. The van der Waals surface area contributed by atoms with Crippen LogP contribution in [0.25, 0.3) is 10.2 Å². The Morgan fingerprint density at radius 1 is 0.967 bits per heavy atom. The molecule has 1 fully saturated rings. The fourth-order valence-corrected chi connectivity index (χ4v) is 4.40. The maximum atomic E-state index is 13.4. The first-order valence-corrected chi connectivity index (χ1v) is 10.5. The first-order valence-electron chi connectivity index (χ1n) is 9.68. The molecule has 4 aromatic rings. The van der Waals surface area contributed by atoms with Crippen molar-refractivity contribution in [3.63, 3.8) is 0 Å². The number of anilines is 4. The van der Waals surface area contributed by atoms with E-state index in [2.05, 4.69) is 20.5 Å². The molecule has 0 spiro atoms. The second-order valence-corrected chi connectivity index (χ2v) is 8.28. The second-order valence-electron chi connectivity index (χ2n) is 7.27. The summed E-state index contributed by atoms with van der Waals surface area (Å²) in [5.74, 6) is -0.346. The van der Waals surface area contributed by atoms with Crippen LogP contribution in [0.1, 0.15) is 0 Å². The molecular weight excluding hydrogens is 399 g/mol. The number of rotatable bonds is 5. The number of carbonyl (C=O) groups excluding carboxylic acids is 1. The Bertz CT molecular complexity index is 1190. The van der Waals surface area contributed by atoms with Gasteiger partial charge in [0.2, 0.25) is 5.91 Å². The van der Waals surface area contributed by atoms with Crippen LogP contribution in [0.15, 0.2) is 72.8 Å². The zero-order chi connectivity index (χ0) is 20.5. The highest BCUT2D eigenvalue weighted by molar-refractivity contribution is 7.22. The van der Waals surface area contributed by atoms with Crippen LogP contribution in [0.4, 0.5) is 26.6 Å². The lowest BCUT2D eigenvalue weighted by molar-refractivity contribution is -0.120. The Morgan fingerprint density at radius 3 is 2.43 bits per heavy atom. The van der Waals surface area contributed by atoms with Crippen molar-refractivity contribution in [3.8, 4) is 0 Å². The Balaban J connectivity index is 1.16. The van der Waals surface area contributed by atoms with E-state index in [9.17, 15) is 9.18 Å². The van der Waals surface area contributed by atoms with Gasteiger partial charge >= 0.3 is 0 Å². The Hall–Kier alpha value is -3.45. The molecule has 0 bridgehead atoms. The highest BCUT2D eigenvalue weighted by atomic mass is 32.1. The van der Waals surface area contributed by atoms with Crippen LogP contribution in [-0.4, -0.2) is 24.0 Å². The lowest BCUT2D eigenvalue weighted by atomic mass is 10.00. The minimum Gasteiger partial charge on any atom is -0.356 e. The lowest BCUT2D eigenvalue weighted by Gasteiger charge is -2.37. The molecule has 0 aliphatic carbocycles. The Kier molecular flexibility index (Phi) is 4.80. The lowest BCUT2D eigenvalue weighted by Crippen LogP contribution is -2.52. The van der Waals surface area contributed by atoms with E-state index in [-0.39, 0.29) is 17.6 Å². The van der Waals surface area contributed by atoms with E-state index < -0.39 is 0 Å². The van der Waals surface area contributed by atoms with Crippen molar-refractivity contribution in [3.05, 3.63) is 78.6 Å². The average Bonchev–Trinajstić information content (AvgIpc) is 3.11. The highest BCUT2D eigenvalue weighted by Gasteiger charge is 2.34. The standard InChI is InChI=1S/C23H19FN4OS/c24-16-6-11-20-21(12-16)30-23(27-20)28-13-15(14-28)22(29)26-19-9-7-18(8-10-19)25-17-4-2-1-3-5-17/h1-12,15,25H,13-14H2,(H,26,29). The zero-order valence-corrected chi connectivity index (χ0v) is 16.8. The van der Waals surface area contributed by atoms with E-state index in [0.717, 1.165) is 32.4 Å². The van der Waals surface area contributed by atoms with E-state index >= 15 is 0 Å². The maximum Gasteiger partial charge on any atom is 0.231 e.